The molecule has 0 radical (unpaired) electrons. The van der Waals surface area contributed by atoms with Gasteiger partial charge in [0.2, 0.25) is 5.88 Å². The Morgan fingerprint density at radius 1 is 1.39 bits per heavy atom. The monoisotopic (exact) mass is 323 g/mol. The summed E-state index contributed by atoms with van der Waals surface area (Å²) in [6.07, 6.45) is 5.60. The van der Waals surface area contributed by atoms with Crippen molar-refractivity contribution in [3.05, 3.63) is 23.7 Å². The zero-order valence-corrected chi connectivity index (χ0v) is 14.3. The lowest BCUT2D eigenvalue weighted by Gasteiger charge is -2.18. The lowest BCUT2D eigenvalue weighted by Crippen LogP contribution is -2.23. The van der Waals surface area contributed by atoms with E-state index in [0.29, 0.717) is 6.61 Å². The van der Waals surface area contributed by atoms with Crippen LogP contribution in [0.15, 0.2) is 23.7 Å². The fraction of sp³-hybridized carbons (Fsp3) is 0.562. The average molecular weight is 323 g/mol. The molecule has 128 valence electrons. The number of carbonyl (C=O) groups is 1. The predicted molar refractivity (Wildman–Crippen MR) is 86.3 cm³/mol. The van der Waals surface area contributed by atoms with Crippen molar-refractivity contribution in [2.75, 3.05) is 13.2 Å². The SMILES string of the molecule is CCOC(=O)/C(C=N)=C(/N/C=C/C(C)(C)OC#N)OCC(C)C. The molecule has 0 aliphatic carbocycles. The molecule has 0 aromatic heterocycles. The van der Waals surface area contributed by atoms with Crippen LogP contribution in [0.25, 0.3) is 0 Å². The first kappa shape index (κ1) is 20.5. The van der Waals surface area contributed by atoms with Gasteiger partial charge in [-0.1, -0.05) is 13.8 Å². The molecular weight excluding hydrogens is 298 g/mol. The zero-order chi connectivity index (χ0) is 17.9. The zero-order valence-electron chi connectivity index (χ0n) is 14.3. The number of carbonyl (C=O) groups excluding carboxylic acids is 1. The van der Waals surface area contributed by atoms with Crippen LogP contribution in [0.2, 0.25) is 0 Å². The minimum atomic E-state index is -0.806. The van der Waals surface area contributed by atoms with E-state index in [0.717, 1.165) is 6.21 Å². The van der Waals surface area contributed by atoms with Crippen LogP contribution in [0.3, 0.4) is 0 Å². The lowest BCUT2D eigenvalue weighted by atomic mass is 10.1. The highest BCUT2D eigenvalue weighted by molar-refractivity contribution is 6.08. The van der Waals surface area contributed by atoms with E-state index in [-0.39, 0.29) is 24.0 Å². The highest BCUT2D eigenvalue weighted by atomic mass is 16.5. The van der Waals surface area contributed by atoms with E-state index in [1.54, 1.807) is 33.1 Å². The second-order valence-corrected chi connectivity index (χ2v) is 5.59. The number of ether oxygens (including phenoxy) is 3. The topological polar surface area (TPSA) is 104 Å². The van der Waals surface area contributed by atoms with Crippen LogP contribution in [-0.4, -0.2) is 31.0 Å². The van der Waals surface area contributed by atoms with Gasteiger partial charge in [0.15, 0.2) is 0 Å². The Hall–Kier alpha value is -2.49. The van der Waals surface area contributed by atoms with Crippen molar-refractivity contribution < 1.29 is 19.0 Å². The van der Waals surface area contributed by atoms with E-state index in [1.807, 2.05) is 13.8 Å². The standard InChI is InChI=1S/C16H25N3O4/c1-6-21-15(20)13(9-17)14(22-10-12(2)3)19-8-7-16(4,5)23-11-18/h7-9,12,17,19H,6,10H2,1-5H3/b8-7+,14-13-,17-9?. The summed E-state index contributed by atoms with van der Waals surface area (Å²) >= 11 is 0. The van der Waals surface area contributed by atoms with Crippen LogP contribution < -0.4 is 5.32 Å². The van der Waals surface area contributed by atoms with E-state index in [4.69, 9.17) is 24.9 Å². The fourth-order valence-electron chi connectivity index (χ4n) is 1.34. The summed E-state index contributed by atoms with van der Waals surface area (Å²) in [5.41, 5.74) is -0.823. The number of rotatable bonds is 10. The molecule has 0 spiro atoms. The number of nitrogens with one attached hydrogen (secondary N) is 2. The van der Waals surface area contributed by atoms with Gasteiger partial charge < -0.3 is 24.9 Å². The third kappa shape index (κ3) is 8.51. The van der Waals surface area contributed by atoms with E-state index in [2.05, 4.69) is 5.32 Å². The van der Waals surface area contributed by atoms with Gasteiger partial charge in [0.05, 0.1) is 13.2 Å². The highest BCUT2D eigenvalue weighted by Crippen LogP contribution is 2.11. The van der Waals surface area contributed by atoms with E-state index in [9.17, 15) is 4.79 Å². The Morgan fingerprint density at radius 2 is 2.04 bits per heavy atom. The second-order valence-electron chi connectivity index (χ2n) is 5.59. The normalized spacial score (nSPS) is 12.4. The minimum Gasteiger partial charge on any atom is -0.478 e. The van der Waals surface area contributed by atoms with Crippen LogP contribution in [0.1, 0.15) is 34.6 Å². The molecular formula is C16H25N3O4. The maximum Gasteiger partial charge on any atom is 0.345 e. The van der Waals surface area contributed by atoms with Crippen molar-refractivity contribution in [1.82, 2.24) is 5.32 Å². The molecule has 0 fully saturated rings. The predicted octanol–water partition coefficient (Wildman–Crippen LogP) is 2.46. The summed E-state index contributed by atoms with van der Waals surface area (Å²) in [5.74, 6) is -0.283. The van der Waals surface area contributed by atoms with Crippen molar-refractivity contribution in [3.8, 4) is 6.26 Å². The molecule has 0 unspecified atom stereocenters. The molecule has 0 aromatic carbocycles. The molecule has 0 aliphatic heterocycles. The maximum absolute atomic E-state index is 11.9. The maximum atomic E-state index is 11.9. The van der Waals surface area contributed by atoms with Crippen LogP contribution in [0.4, 0.5) is 0 Å². The van der Waals surface area contributed by atoms with Gasteiger partial charge in [-0.15, -0.1) is 0 Å². The molecule has 2 N–H and O–H groups in total. The second kappa shape index (κ2) is 10.3. The third-order valence-corrected chi connectivity index (χ3v) is 2.45. The van der Waals surface area contributed by atoms with Crippen LogP contribution in [-0.2, 0) is 19.0 Å². The number of hydrogen-bond donors (Lipinski definition) is 2. The fourth-order valence-corrected chi connectivity index (χ4v) is 1.34. The first-order chi connectivity index (χ1) is 10.8. The number of hydrogen-bond acceptors (Lipinski definition) is 7. The minimum absolute atomic E-state index is 0.0174. The number of esters is 1. The Kier molecular flexibility index (Phi) is 9.16. The summed E-state index contributed by atoms with van der Waals surface area (Å²) < 4.78 is 15.3. The first-order valence-electron chi connectivity index (χ1n) is 7.33. The summed E-state index contributed by atoms with van der Waals surface area (Å²) in [7, 11) is 0. The highest BCUT2D eigenvalue weighted by Gasteiger charge is 2.18. The van der Waals surface area contributed by atoms with Gasteiger partial charge in [-0.05, 0) is 32.8 Å². The molecule has 0 rings (SSSR count). The molecule has 7 heteroatoms. The van der Waals surface area contributed by atoms with Crippen molar-refractivity contribution in [2.45, 2.75) is 40.2 Å². The molecule has 0 bridgehead atoms. The Labute approximate surface area is 137 Å². The van der Waals surface area contributed by atoms with Gasteiger partial charge in [-0.2, -0.15) is 5.26 Å². The molecule has 0 atom stereocenters. The van der Waals surface area contributed by atoms with Crippen LogP contribution >= 0.6 is 0 Å². The molecule has 0 amide bonds. The molecule has 0 heterocycles. The summed E-state index contributed by atoms with van der Waals surface area (Å²) in [6.45, 7) is 9.59. The van der Waals surface area contributed by atoms with Crippen LogP contribution in [0, 0.1) is 22.8 Å². The summed E-state index contributed by atoms with van der Waals surface area (Å²) in [6, 6.07) is 0. The van der Waals surface area contributed by atoms with Crippen molar-refractivity contribution in [2.24, 2.45) is 5.92 Å². The molecule has 0 aromatic rings. The molecule has 23 heavy (non-hydrogen) atoms. The van der Waals surface area contributed by atoms with E-state index in [1.165, 1.54) is 6.20 Å². The van der Waals surface area contributed by atoms with Gasteiger partial charge in [0, 0.05) is 12.4 Å². The molecule has 0 saturated heterocycles. The molecule has 0 aliphatic rings. The van der Waals surface area contributed by atoms with E-state index >= 15 is 0 Å². The van der Waals surface area contributed by atoms with Gasteiger partial charge >= 0.3 is 5.97 Å². The van der Waals surface area contributed by atoms with Gasteiger partial charge in [-0.25, -0.2) is 4.79 Å². The van der Waals surface area contributed by atoms with Crippen LogP contribution in [0.5, 0.6) is 0 Å². The van der Waals surface area contributed by atoms with Gasteiger partial charge in [0.1, 0.15) is 11.2 Å². The summed E-state index contributed by atoms with van der Waals surface area (Å²) in [5, 5.41) is 18.8. The first-order valence-corrected chi connectivity index (χ1v) is 7.33. The Balaban J connectivity index is 5.28. The lowest BCUT2D eigenvalue weighted by molar-refractivity contribution is -0.138. The quantitative estimate of drug-likeness (QED) is 0.210. The Morgan fingerprint density at radius 3 is 2.52 bits per heavy atom. The van der Waals surface area contributed by atoms with Crippen molar-refractivity contribution >= 4 is 12.2 Å². The average Bonchev–Trinajstić information content (AvgIpc) is 2.44. The van der Waals surface area contributed by atoms with Crippen molar-refractivity contribution in [3.63, 3.8) is 0 Å². The summed E-state index contributed by atoms with van der Waals surface area (Å²) in [4.78, 5) is 11.9. The largest absolute Gasteiger partial charge is 0.478 e. The van der Waals surface area contributed by atoms with Gasteiger partial charge in [-0.3, -0.25) is 0 Å². The number of nitriles is 1. The van der Waals surface area contributed by atoms with Gasteiger partial charge in [0.25, 0.3) is 6.26 Å². The van der Waals surface area contributed by atoms with Crippen molar-refractivity contribution in [1.29, 1.82) is 10.7 Å². The smallest absolute Gasteiger partial charge is 0.345 e. The molecule has 7 nitrogen and oxygen atoms in total. The van der Waals surface area contributed by atoms with E-state index < -0.39 is 11.6 Å². The third-order valence-electron chi connectivity index (χ3n) is 2.45. The molecule has 0 saturated carbocycles. The number of nitrogens with zero attached hydrogens (tertiary/aromatic N) is 1. The Bertz CT molecular complexity index is 502.